The number of hydrogen-bond acceptors (Lipinski definition) is 4. The lowest BCUT2D eigenvalue weighted by Gasteiger charge is -2.12. The second-order valence-electron chi connectivity index (χ2n) is 3.03. The fourth-order valence-electron chi connectivity index (χ4n) is 1.37. The van der Waals surface area contributed by atoms with Crippen LogP contribution in [0.5, 0.6) is 17.2 Å². The molecule has 0 radical (unpaired) electrons. The van der Waals surface area contributed by atoms with Crippen LogP contribution in [0.25, 0.3) is 6.08 Å². The quantitative estimate of drug-likeness (QED) is 0.802. The monoisotopic (exact) mass is 240 g/mol. The van der Waals surface area contributed by atoms with E-state index < -0.39 is 0 Å². The van der Waals surface area contributed by atoms with Crippen LogP contribution in [0.1, 0.15) is 5.56 Å². The van der Waals surface area contributed by atoms with Gasteiger partial charge in [-0.15, -0.1) is 0 Å². The van der Waals surface area contributed by atoms with Crippen molar-refractivity contribution >= 4 is 18.7 Å². The van der Waals surface area contributed by atoms with Crippen LogP contribution in [0.4, 0.5) is 0 Å². The third kappa shape index (κ3) is 2.85. The Kier molecular flexibility index (Phi) is 5.05. The smallest absolute Gasteiger partial charge is 0.133 e. The number of methoxy groups -OCH3 is 3. The fraction of sp³-hybridized carbons (Fsp3) is 0.333. The highest BCUT2D eigenvalue weighted by Crippen LogP contribution is 2.34. The molecule has 1 rings (SSSR count). The van der Waals surface area contributed by atoms with Gasteiger partial charge in [0.15, 0.2) is 0 Å². The van der Waals surface area contributed by atoms with Crippen LogP contribution in [0.3, 0.4) is 0 Å². The highest BCUT2D eigenvalue weighted by Gasteiger charge is 2.10. The van der Waals surface area contributed by atoms with E-state index in [9.17, 15) is 0 Å². The molecule has 0 amide bonds. The second-order valence-corrected chi connectivity index (χ2v) is 3.40. The van der Waals surface area contributed by atoms with E-state index in [0.29, 0.717) is 23.0 Å². The van der Waals surface area contributed by atoms with Crippen molar-refractivity contribution in [3.63, 3.8) is 0 Å². The van der Waals surface area contributed by atoms with E-state index in [-0.39, 0.29) is 0 Å². The number of benzene rings is 1. The summed E-state index contributed by atoms with van der Waals surface area (Å²) in [5.41, 5.74) is 0.889. The van der Waals surface area contributed by atoms with Crippen LogP contribution < -0.4 is 14.2 Å². The predicted octanol–water partition coefficient (Wildman–Crippen LogP) is 2.66. The van der Waals surface area contributed by atoms with Crippen molar-refractivity contribution in [2.24, 2.45) is 0 Å². The van der Waals surface area contributed by atoms with E-state index >= 15 is 0 Å². The molecule has 0 saturated carbocycles. The first-order chi connectivity index (χ1) is 7.76. The number of thiol groups is 1. The summed E-state index contributed by atoms with van der Waals surface area (Å²) in [6.45, 7) is 0. The molecule has 0 aliphatic heterocycles. The van der Waals surface area contributed by atoms with Crippen molar-refractivity contribution in [3.8, 4) is 17.2 Å². The zero-order valence-corrected chi connectivity index (χ0v) is 10.6. The van der Waals surface area contributed by atoms with E-state index in [1.54, 1.807) is 21.3 Å². The Morgan fingerprint density at radius 3 is 2.00 bits per heavy atom. The lowest BCUT2D eigenvalue weighted by atomic mass is 10.1. The van der Waals surface area contributed by atoms with Gasteiger partial charge in [0.25, 0.3) is 0 Å². The van der Waals surface area contributed by atoms with E-state index in [2.05, 4.69) is 12.6 Å². The average molecular weight is 240 g/mol. The van der Waals surface area contributed by atoms with Crippen LogP contribution in [-0.4, -0.2) is 27.1 Å². The van der Waals surface area contributed by atoms with Gasteiger partial charge in [0.1, 0.15) is 17.2 Å². The molecule has 0 fully saturated rings. The van der Waals surface area contributed by atoms with Crippen molar-refractivity contribution in [3.05, 3.63) is 23.8 Å². The van der Waals surface area contributed by atoms with Gasteiger partial charge in [-0.3, -0.25) is 0 Å². The third-order valence-electron chi connectivity index (χ3n) is 2.14. The van der Waals surface area contributed by atoms with Crippen molar-refractivity contribution in [2.45, 2.75) is 0 Å². The molecule has 1 aromatic rings. The molecule has 0 unspecified atom stereocenters. The molecule has 0 aliphatic carbocycles. The molecule has 0 spiro atoms. The molecule has 1 aromatic carbocycles. The molecule has 0 heterocycles. The molecule has 16 heavy (non-hydrogen) atoms. The Labute approximate surface area is 101 Å². The lowest BCUT2D eigenvalue weighted by Crippen LogP contribution is -1.94. The van der Waals surface area contributed by atoms with Crippen LogP contribution in [0, 0.1) is 0 Å². The average Bonchev–Trinajstić information content (AvgIpc) is 2.35. The minimum atomic E-state index is 0.665. The summed E-state index contributed by atoms with van der Waals surface area (Å²) in [6, 6.07) is 3.64. The number of rotatable bonds is 5. The molecule has 0 N–H and O–H groups in total. The van der Waals surface area contributed by atoms with Crippen LogP contribution in [0.15, 0.2) is 18.2 Å². The van der Waals surface area contributed by atoms with Gasteiger partial charge in [0, 0.05) is 17.9 Å². The standard InChI is InChI=1S/C12H16O3S/c1-13-9-7-11(14-2)10(5-4-6-16)12(8-9)15-3/h4-5,7-8,16H,6H2,1-3H3. The zero-order chi connectivity index (χ0) is 12.0. The Hall–Kier alpha value is -1.29. The van der Waals surface area contributed by atoms with Gasteiger partial charge in [-0.25, -0.2) is 0 Å². The minimum absolute atomic E-state index is 0.665. The highest BCUT2D eigenvalue weighted by atomic mass is 32.1. The molecule has 88 valence electrons. The van der Waals surface area contributed by atoms with Gasteiger partial charge in [-0.2, -0.15) is 12.6 Å². The summed E-state index contributed by atoms with van der Waals surface area (Å²) >= 11 is 4.12. The first-order valence-electron chi connectivity index (χ1n) is 4.84. The van der Waals surface area contributed by atoms with Crippen molar-refractivity contribution in [2.75, 3.05) is 27.1 Å². The Morgan fingerprint density at radius 2 is 1.62 bits per heavy atom. The van der Waals surface area contributed by atoms with Crippen LogP contribution in [-0.2, 0) is 0 Å². The molecule has 0 atom stereocenters. The van der Waals surface area contributed by atoms with Gasteiger partial charge >= 0.3 is 0 Å². The van der Waals surface area contributed by atoms with E-state index in [1.165, 1.54) is 0 Å². The van der Waals surface area contributed by atoms with E-state index in [4.69, 9.17) is 14.2 Å². The zero-order valence-electron chi connectivity index (χ0n) is 9.69. The molecular weight excluding hydrogens is 224 g/mol. The summed E-state index contributed by atoms with van der Waals surface area (Å²) in [4.78, 5) is 0. The minimum Gasteiger partial charge on any atom is -0.496 e. The first-order valence-corrected chi connectivity index (χ1v) is 5.47. The number of hydrogen-bond donors (Lipinski definition) is 1. The Bertz CT molecular complexity index is 350. The second kappa shape index (κ2) is 6.33. The predicted molar refractivity (Wildman–Crippen MR) is 69.0 cm³/mol. The lowest BCUT2D eigenvalue weighted by molar-refractivity contribution is 0.374. The van der Waals surface area contributed by atoms with Crippen molar-refractivity contribution < 1.29 is 14.2 Å². The fourth-order valence-corrected chi connectivity index (χ4v) is 1.47. The van der Waals surface area contributed by atoms with E-state index in [0.717, 1.165) is 5.56 Å². The maximum absolute atomic E-state index is 5.29. The summed E-state index contributed by atoms with van der Waals surface area (Å²) < 4.78 is 15.7. The summed E-state index contributed by atoms with van der Waals surface area (Å²) in [7, 11) is 4.84. The summed E-state index contributed by atoms with van der Waals surface area (Å²) in [6.07, 6.45) is 3.85. The maximum Gasteiger partial charge on any atom is 0.133 e. The topological polar surface area (TPSA) is 27.7 Å². The van der Waals surface area contributed by atoms with Crippen LogP contribution >= 0.6 is 12.6 Å². The van der Waals surface area contributed by atoms with Gasteiger partial charge in [-0.05, 0) is 0 Å². The molecule has 0 bridgehead atoms. The molecule has 3 nitrogen and oxygen atoms in total. The van der Waals surface area contributed by atoms with Crippen molar-refractivity contribution in [1.29, 1.82) is 0 Å². The normalized spacial score (nSPS) is 10.5. The van der Waals surface area contributed by atoms with Gasteiger partial charge in [0.05, 0.1) is 26.9 Å². The first kappa shape index (κ1) is 12.8. The van der Waals surface area contributed by atoms with Gasteiger partial charge < -0.3 is 14.2 Å². The molecule has 0 saturated heterocycles. The molecule has 0 aromatic heterocycles. The van der Waals surface area contributed by atoms with E-state index in [1.807, 2.05) is 24.3 Å². The highest BCUT2D eigenvalue weighted by molar-refractivity contribution is 7.80. The van der Waals surface area contributed by atoms with Gasteiger partial charge in [-0.1, -0.05) is 12.2 Å². The summed E-state index contributed by atoms with van der Waals surface area (Å²) in [5.74, 6) is 2.80. The maximum atomic E-state index is 5.29. The molecular formula is C12H16O3S. The molecule has 4 heteroatoms. The van der Waals surface area contributed by atoms with Crippen molar-refractivity contribution in [1.82, 2.24) is 0 Å². The largest absolute Gasteiger partial charge is 0.496 e. The van der Waals surface area contributed by atoms with Crippen LogP contribution in [0.2, 0.25) is 0 Å². The SMILES string of the molecule is COc1cc(OC)c(C=CCS)c(OC)c1. The van der Waals surface area contributed by atoms with Gasteiger partial charge in [0.2, 0.25) is 0 Å². The Morgan fingerprint density at radius 1 is 1.06 bits per heavy atom. The third-order valence-corrected chi connectivity index (χ3v) is 2.35. The number of ether oxygens (including phenoxy) is 3. The Balaban J connectivity index is 3.25. The summed E-state index contributed by atoms with van der Waals surface area (Å²) in [5, 5.41) is 0. The molecule has 0 aliphatic rings.